The molecule has 0 aliphatic heterocycles. The highest BCUT2D eigenvalue weighted by Crippen LogP contribution is 2.47. The average molecular weight is 300 g/mol. The normalized spacial score (nSPS) is 14.8. The second-order valence-corrected chi connectivity index (χ2v) is 4.80. The van der Waals surface area contributed by atoms with Gasteiger partial charge in [0.05, 0.1) is 6.10 Å². The number of aliphatic hydroxyl groups is 1. The van der Waals surface area contributed by atoms with Crippen LogP contribution < -0.4 is 0 Å². The molecular weight excluding hydrogens is 286 g/mol. The van der Waals surface area contributed by atoms with E-state index in [2.05, 4.69) is 0 Å². The summed E-state index contributed by atoms with van der Waals surface area (Å²) in [4.78, 5) is 0. The topological polar surface area (TPSA) is 20.2 Å². The molecule has 1 N–H and O–H groups in total. The summed E-state index contributed by atoms with van der Waals surface area (Å²) in [6, 6.07) is 2.62. The molecule has 1 aromatic carbocycles. The van der Waals surface area contributed by atoms with Crippen molar-refractivity contribution in [2.45, 2.75) is 39.2 Å². The molecule has 0 radical (unpaired) electrons. The third-order valence-corrected chi connectivity index (χ3v) is 3.22. The maximum atomic E-state index is 12.6. The standard InChI is InChI=1S/C13H14F6O/c1-6-4-8(3)9(5-7(6)2)10(20)11(12(14,15)16)13(17,18)19/h4-5,10-11,20H,1-3H3. The lowest BCUT2D eigenvalue weighted by atomic mass is 9.89. The number of hydrogen-bond donors (Lipinski definition) is 1. The molecule has 7 heteroatoms. The van der Waals surface area contributed by atoms with Gasteiger partial charge in [0.15, 0.2) is 5.92 Å². The van der Waals surface area contributed by atoms with Gasteiger partial charge >= 0.3 is 12.4 Å². The average Bonchev–Trinajstić information content (AvgIpc) is 2.18. The summed E-state index contributed by atoms with van der Waals surface area (Å²) in [7, 11) is 0. The van der Waals surface area contributed by atoms with Crippen LogP contribution in [0.1, 0.15) is 28.4 Å². The van der Waals surface area contributed by atoms with Crippen LogP contribution in [0.4, 0.5) is 26.3 Å². The second-order valence-electron chi connectivity index (χ2n) is 4.80. The number of hydrogen-bond acceptors (Lipinski definition) is 1. The van der Waals surface area contributed by atoms with E-state index in [0.29, 0.717) is 5.56 Å². The van der Waals surface area contributed by atoms with E-state index in [4.69, 9.17) is 0 Å². The quantitative estimate of drug-likeness (QED) is 0.803. The van der Waals surface area contributed by atoms with Crippen molar-refractivity contribution in [3.05, 3.63) is 34.4 Å². The van der Waals surface area contributed by atoms with Crippen LogP contribution in [-0.4, -0.2) is 17.5 Å². The van der Waals surface area contributed by atoms with Crippen molar-refractivity contribution in [2.24, 2.45) is 5.92 Å². The molecule has 0 saturated carbocycles. The Labute approximate surface area is 112 Å². The fraction of sp³-hybridized carbons (Fsp3) is 0.538. The number of aliphatic hydroxyl groups excluding tert-OH is 1. The van der Waals surface area contributed by atoms with Crippen molar-refractivity contribution >= 4 is 0 Å². The number of aryl methyl sites for hydroxylation is 3. The molecule has 0 spiro atoms. The summed E-state index contributed by atoms with van der Waals surface area (Å²) < 4.78 is 75.5. The Hall–Kier alpha value is -1.24. The van der Waals surface area contributed by atoms with Crippen molar-refractivity contribution in [1.82, 2.24) is 0 Å². The van der Waals surface area contributed by atoms with Gasteiger partial charge in [0.25, 0.3) is 0 Å². The third kappa shape index (κ3) is 3.45. The van der Waals surface area contributed by atoms with Crippen LogP contribution in [0.15, 0.2) is 12.1 Å². The van der Waals surface area contributed by atoms with Crippen LogP contribution in [0.3, 0.4) is 0 Å². The van der Waals surface area contributed by atoms with E-state index in [-0.39, 0.29) is 11.1 Å². The molecular formula is C13H14F6O. The van der Waals surface area contributed by atoms with Crippen LogP contribution in [0.2, 0.25) is 0 Å². The molecule has 0 bridgehead atoms. The molecule has 1 atom stereocenters. The van der Waals surface area contributed by atoms with E-state index in [0.717, 1.165) is 5.56 Å². The monoisotopic (exact) mass is 300 g/mol. The molecule has 0 amide bonds. The van der Waals surface area contributed by atoms with Gasteiger partial charge in [0, 0.05) is 0 Å². The van der Waals surface area contributed by atoms with Gasteiger partial charge in [-0.05, 0) is 43.0 Å². The van der Waals surface area contributed by atoms with Gasteiger partial charge < -0.3 is 5.11 Å². The van der Waals surface area contributed by atoms with Crippen molar-refractivity contribution in [3.63, 3.8) is 0 Å². The summed E-state index contributed by atoms with van der Waals surface area (Å²) in [5, 5.41) is 9.61. The van der Waals surface area contributed by atoms with Crippen molar-refractivity contribution < 1.29 is 31.4 Å². The van der Waals surface area contributed by atoms with Gasteiger partial charge in [-0.3, -0.25) is 0 Å². The van der Waals surface area contributed by atoms with Gasteiger partial charge in [-0.2, -0.15) is 26.3 Å². The maximum Gasteiger partial charge on any atom is 0.403 e. The summed E-state index contributed by atoms with van der Waals surface area (Å²) in [5.41, 5.74) is 1.09. The highest BCUT2D eigenvalue weighted by molar-refractivity contribution is 5.38. The maximum absolute atomic E-state index is 12.6. The Kier molecular flexibility index (Phi) is 4.43. The summed E-state index contributed by atoms with van der Waals surface area (Å²) >= 11 is 0. The SMILES string of the molecule is Cc1cc(C)c(C(O)C(C(F)(F)F)C(F)(F)F)cc1C. The molecule has 20 heavy (non-hydrogen) atoms. The van der Waals surface area contributed by atoms with E-state index >= 15 is 0 Å². The smallest absolute Gasteiger partial charge is 0.387 e. The first kappa shape index (κ1) is 16.8. The zero-order valence-corrected chi connectivity index (χ0v) is 11.0. The molecule has 1 aromatic rings. The van der Waals surface area contributed by atoms with E-state index in [9.17, 15) is 31.4 Å². The van der Waals surface area contributed by atoms with Gasteiger partial charge in [0.2, 0.25) is 0 Å². The van der Waals surface area contributed by atoms with Gasteiger partial charge in [-0.25, -0.2) is 0 Å². The lowest BCUT2D eigenvalue weighted by Gasteiger charge is -2.28. The lowest BCUT2D eigenvalue weighted by molar-refractivity contribution is -0.307. The number of alkyl halides is 6. The van der Waals surface area contributed by atoms with Crippen LogP contribution in [0, 0.1) is 26.7 Å². The first-order valence-electron chi connectivity index (χ1n) is 5.75. The minimum atomic E-state index is -5.57. The highest BCUT2D eigenvalue weighted by Gasteiger charge is 2.60. The van der Waals surface area contributed by atoms with E-state index in [1.54, 1.807) is 13.8 Å². The molecule has 0 saturated heterocycles. The Morgan fingerprint density at radius 3 is 1.60 bits per heavy atom. The molecule has 114 valence electrons. The fourth-order valence-electron chi connectivity index (χ4n) is 2.02. The van der Waals surface area contributed by atoms with Gasteiger partial charge in [-0.1, -0.05) is 12.1 Å². The Bertz CT molecular complexity index is 475. The largest absolute Gasteiger partial charge is 0.403 e. The summed E-state index contributed by atoms with van der Waals surface area (Å²) in [6.07, 6.45) is -13.8. The Morgan fingerprint density at radius 1 is 0.800 bits per heavy atom. The van der Waals surface area contributed by atoms with Crippen molar-refractivity contribution in [1.29, 1.82) is 0 Å². The minimum Gasteiger partial charge on any atom is -0.387 e. The van der Waals surface area contributed by atoms with Gasteiger partial charge in [0.1, 0.15) is 0 Å². The number of halogens is 6. The first-order valence-corrected chi connectivity index (χ1v) is 5.75. The molecule has 0 heterocycles. The molecule has 1 nitrogen and oxygen atoms in total. The number of benzene rings is 1. The first-order chi connectivity index (χ1) is 8.85. The molecule has 0 aromatic heterocycles. The predicted molar refractivity (Wildman–Crippen MR) is 61.2 cm³/mol. The van der Waals surface area contributed by atoms with Crippen molar-refractivity contribution in [2.75, 3.05) is 0 Å². The molecule has 0 aliphatic rings. The van der Waals surface area contributed by atoms with E-state index in [1.807, 2.05) is 0 Å². The highest BCUT2D eigenvalue weighted by atomic mass is 19.4. The molecule has 1 rings (SSSR count). The number of rotatable bonds is 2. The predicted octanol–water partition coefficient (Wildman–Crippen LogP) is 4.39. The molecule has 0 aliphatic carbocycles. The zero-order chi connectivity index (χ0) is 15.9. The van der Waals surface area contributed by atoms with Crippen LogP contribution in [-0.2, 0) is 0 Å². The zero-order valence-electron chi connectivity index (χ0n) is 11.0. The van der Waals surface area contributed by atoms with Crippen molar-refractivity contribution in [3.8, 4) is 0 Å². The molecule has 0 fully saturated rings. The lowest BCUT2D eigenvalue weighted by Crippen LogP contribution is -2.41. The summed E-state index contributed by atoms with van der Waals surface area (Å²) in [6.45, 7) is 4.61. The minimum absolute atomic E-state index is 0.194. The van der Waals surface area contributed by atoms with Crippen LogP contribution >= 0.6 is 0 Å². The van der Waals surface area contributed by atoms with E-state index in [1.165, 1.54) is 19.1 Å². The fourth-order valence-corrected chi connectivity index (χ4v) is 2.02. The second kappa shape index (κ2) is 5.27. The summed E-state index contributed by atoms with van der Waals surface area (Å²) in [5.74, 6) is -3.80. The Morgan fingerprint density at radius 2 is 1.20 bits per heavy atom. The van der Waals surface area contributed by atoms with Gasteiger partial charge in [-0.15, -0.1) is 0 Å². The molecule has 1 unspecified atom stereocenters. The Balaban J connectivity index is 3.34. The van der Waals surface area contributed by atoms with Crippen LogP contribution in [0.25, 0.3) is 0 Å². The van der Waals surface area contributed by atoms with Crippen LogP contribution in [0.5, 0.6) is 0 Å². The third-order valence-electron chi connectivity index (χ3n) is 3.22. The van der Waals surface area contributed by atoms with E-state index < -0.39 is 24.4 Å².